The van der Waals surface area contributed by atoms with Crippen LogP contribution in [0, 0.1) is 10.1 Å². The van der Waals surface area contributed by atoms with E-state index in [1.165, 1.54) is 11.3 Å². The number of thiazole rings is 1. The normalized spacial score (nSPS) is 10.6. The van der Waals surface area contributed by atoms with Crippen molar-refractivity contribution in [2.75, 3.05) is 5.88 Å². The van der Waals surface area contributed by atoms with Crippen LogP contribution in [0.2, 0.25) is 0 Å². The molecule has 0 fully saturated rings. The standard InChI is InChI=1S/C8H6N2O2S2/c11-10(12)5-13-8-9-6-3-1-2-4-7(6)14-8/h1-4H,5H2. The lowest BCUT2D eigenvalue weighted by atomic mass is 10.3. The van der Waals surface area contributed by atoms with Gasteiger partial charge in [-0.3, -0.25) is 10.1 Å². The lowest BCUT2D eigenvalue weighted by Gasteiger charge is -1.87. The first-order valence-corrected chi connectivity index (χ1v) is 5.66. The SMILES string of the molecule is O=[N+]([O-])CSc1nc2ccccc2s1. The summed E-state index contributed by atoms with van der Waals surface area (Å²) in [4.78, 5) is 14.1. The Labute approximate surface area is 88.1 Å². The van der Waals surface area contributed by atoms with E-state index in [2.05, 4.69) is 4.98 Å². The fraction of sp³-hybridized carbons (Fsp3) is 0.125. The van der Waals surface area contributed by atoms with E-state index < -0.39 is 0 Å². The second-order valence-corrected chi connectivity index (χ2v) is 4.78. The lowest BCUT2D eigenvalue weighted by molar-refractivity contribution is -0.456. The second kappa shape index (κ2) is 3.93. The summed E-state index contributed by atoms with van der Waals surface area (Å²) in [6, 6.07) is 7.71. The molecule has 0 aliphatic heterocycles. The van der Waals surface area contributed by atoms with E-state index in [0.29, 0.717) is 0 Å². The summed E-state index contributed by atoms with van der Waals surface area (Å²) < 4.78 is 1.82. The summed E-state index contributed by atoms with van der Waals surface area (Å²) in [5.41, 5.74) is 0.906. The van der Waals surface area contributed by atoms with E-state index in [1.54, 1.807) is 0 Å². The van der Waals surface area contributed by atoms with Gasteiger partial charge in [-0.25, -0.2) is 4.98 Å². The van der Waals surface area contributed by atoms with E-state index in [-0.39, 0.29) is 10.8 Å². The molecule has 1 aromatic carbocycles. The minimum atomic E-state index is -0.350. The van der Waals surface area contributed by atoms with Crippen LogP contribution >= 0.6 is 23.1 Å². The van der Waals surface area contributed by atoms with Crippen molar-refractivity contribution in [2.24, 2.45) is 0 Å². The molecule has 0 amide bonds. The van der Waals surface area contributed by atoms with Gasteiger partial charge in [0.25, 0.3) is 5.88 Å². The van der Waals surface area contributed by atoms with Gasteiger partial charge in [0.05, 0.1) is 10.2 Å². The van der Waals surface area contributed by atoms with Crippen LogP contribution in [0.4, 0.5) is 0 Å². The fourth-order valence-electron chi connectivity index (χ4n) is 1.02. The summed E-state index contributed by atoms with van der Waals surface area (Å²) in [7, 11) is 0. The van der Waals surface area contributed by atoms with Crippen molar-refractivity contribution in [3.05, 3.63) is 34.4 Å². The highest BCUT2D eigenvalue weighted by Gasteiger charge is 2.06. The van der Waals surface area contributed by atoms with Gasteiger partial charge in [0.15, 0.2) is 4.34 Å². The molecule has 0 aliphatic rings. The molecule has 0 spiro atoms. The Morgan fingerprint density at radius 3 is 3.00 bits per heavy atom. The van der Waals surface area contributed by atoms with Crippen molar-refractivity contribution in [1.82, 2.24) is 4.98 Å². The Morgan fingerprint density at radius 2 is 2.29 bits per heavy atom. The maximum atomic E-state index is 10.1. The van der Waals surface area contributed by atoms with Gasteiger partial charge in [-0.15, -0.1) is 11.3 Å². The smallest absolute Gasteiger partial charge is 0.255 e. The van der Waals surface area contributed by atoms with Crippen molar-refractivity contribution in [3.8, 4) is 0 Å². The lowest BCUT2D eigenvalue weighted by Crippen LogP contribution is -1.94. The first kappa shape index (κ1) is 9.42. The molecule has 0 aliphatic carbocycles. The van der Waals surface area contributed by atoms with Gasteiger partial charge >= 0.3 is 0 Å². The Morgan fingerprint density at radius 1 is 1.50 bits per heavy atom. The molecule has 0 saturated carbocycles. The third-order valence-electron chi connectivity index (χ3n) is 1.57. The number of aromatic nitrogens is 1. The average Bonchev–Trinajstić information content (AvgIpc) is 2.57. The number of nitrogens with zero attached hydrogens (tertiary/aromatic N) is 2. The Balaban J connectivity index is 2.22. The van der Waals surface area contributed by atoms with Gasteiger partial charge in [0, 0.05) is 4.92 Å². The van der Waals surface area contributed by atoms with Gasteiger partial charge < -0.3 is 0 Å². The molecule has 6 heteroatoms. The topological polar surface area (TPSA) is 56.0 Å². The molecular weight excluding hydrogens is 220 g/mol. The average molecular weight is 226 g/mol. The molecule has 2 rings (SSSR count). The molecule has 4 nitrogen and oxygen atoms in total. The number of para-hydroxylation sites is 1. The van der Waals surface area contributed by atoms with Crippen LogP contribution in [-0.4, -0.2) is 15.8 Å². The van der Waals surface area contributed by atoms with Crippen LogP contribution in [0.25, 0.3) is 10.2 Å². The van der Waals surface area contributed by atoms with Gasteiger partial charge in [-0.2, -0.15) is 0 Å². The number of nitro groups is 1. The molecule has 0 atom stereocenters. The third kappa shape index (κ3) is 2.02. The van der Waals surface area contributed by atoms with E-state index in [0.717, 1.165) is 26.3 Å². The molecule has 1 heterocycles. The quantitative estimate of drug-likeness (QED) is 0.349. The van der Waals surface area contributed by atoms with Crippen LogP contribution in [0.1, 0.15) is 0 Å². The number of fused-ring (bicyclic) bond motifs is 1. The van der Waals surface area contributed by atoms with E-state index >= 15 is 0 Å². The van der Waals surface area contributed by atoms with Crippen LogP contribution in [-0.2, 0) is 0 Å². The zero-order valence-electron chi connectivity index (χ0n) is 7.04. The molecule has 72 valence electrons. The minimum absolute atomic E-state index is 0.125. The van der Waals surface area contributed by atoms with Crippen molar-refractivity contribution < 1.29 is 4.92 Å². The molecule has 0 radical (unpaired) electrons. The number of hydrogen-bond donors (Lipinski definition) is 0. The highest BCUT2D eigenvalue weighted by Crippen LogP contribution is 2.28. The maximum Gasteiger partial charge on any atom is 0.255 e. The van der Waals surface area contributed by atoms with Crippen molar-refractivity contribution >= 4 is 33.3 Å². The van der Waals surface area contributed by atoms with E-state index in [4.69, 9.17) is 0 Å². The number of benzene rings is 1. The van der Waals surface area contributed by atoms with E-state index in [9.17, 15) is 10.1 Å². The molecule has 0 unspecified atom stereocenters. The second-order valence-electron chi connectivity index (χ2n) is 2.55. The summed E-state index contributed by atoms with van der Waals surface area (Å²) in [6.45, 7) is 0. The monoisotopic (exact) mass is 226 g/mol. The predicted molar refractivity (Wildman–Crippen MR) is 57.3 cm³/mol. The van der Waals surface area contributed by atoms with Crippen molar-refractivity contribution in [1.29, 1.82) is 0 Å². The fourth-order valence-corrected chi connectivity index (χ4v) is 2.76. The molecular formula is C8H6N2O2S2. The third-order valence-corrected chi connectivity index (χ3v) is 3.68. The Kier molecular flexibility index (Phi) is 2.64. The first-order valence-electron chi connectivity index (χ1n) is 3.86. The van der Waals surface area contributed by atoms with Gasteiger partial charge in [-0.1, -0.05) is 12.1 Å². The van der Waals surface area contributed by atoms with Gasteiger partial charge in [0.1, 0.15) is 0 Å². The molecule has 0 bridgehead atoms. The summed E-state index contributed by atoms with van der Waals surface area (Å²) in [6.07, 6.45) is 0. The number of rotatable bonds is 3. The number of thioether (sulfide) groups is 1. The molecule has 0 N–H and O–H groups in total. The summed E-state index contributed by atoms with van der Waals surface area (Å²) in [5.74, 6) is -0.125. The van der Waals surface area contributed by atoms with E-state index in [1.807, 2.05) is 24.3 Å². The molecule has 0 saturated heterocycles. The minimum Gasteiger partial charge on any atom is -0.264 e. The number of hydrogen-bond acceptors (Lipinski definition) is 5. The van der Waals surface area contributed by atoms with Gasteiger partial charge in [-0.05, 0) is 23.9 Å². The zero-order chi connectivity index (χ0) is 9.97. The highest BCUT2D eigenvalue weighted by atomic mass is 32.2. The van der Waals surface area contributed by atoms with Gasteiger partial charge in [0.2, 0.25) is 0 Å². The van der Waals surface area contributed by atoms with Crippen LogP contribution < -0.4 is 0 Å². The molecule has 2 aromatic rings. The van der Waals surface area contributed by atoms with Crippen LogP contribution in [0.3, 0.4) is 0 Å². The Bertz CT molecular complexity index is 436. The largest absolute Gasteiger partial charge is 0.264 e. The summed E-state index contributed by atoms with van der Waals surface area (Å²) in [5, 5.41) is 10.1. The molecule has 1 aromatic heterocycles. The first-order chi connectivity index (χ1) is 6.75. The predicted octanol–water partition coefficient (Wildman–Crippen LogP) is 2.62. The van der Waals surface area contributed by atoms with Crippen LogP contribution in [0.15, 0.2) is 28.6 Å². The van der Waals surface area contributed by atoms with Crippen molar-refractivity contribution in [3.63, 3.8) is 0 Å². The zero-order valence-corrected chi connectivity index (χ0v) is 8.68. The maximum absolute atomic E-state index is 10.1. The highest BCUT2D eigenvalue weighted by molar-refractivity contribution is 8.00. The van der Waals surface area contributed by atoms with Crippen LogP contribution in [0.5, 0.6) is 0 Å². The summed E-state index contributed by atoms with van der Waals surface area (Å²) >= 11 is 2.65. The Hall–Kier alpha value is -1.14. The molecule has 14 heavy (non-hydrogen) atoms. The van der Waals surface area contributed by atoms with Crippen molar-refractivity contribution in [2.45, 2.75) is 4.34 Å².